The summed E-state index contributed by atoms with van der Waals surface area (Å²) in [6.07, 6.45) is -0.160. The molecule has 0 bridgehead atoms. The zero-order chi connectivity index (χ0) is 19.0. The lowest BCUT2D eigenvalue weighted by molar-refractivity contribution is -0.154. The number of aromatic nitrogens is 2. The Balaban J connectivity index is 1.78. The van der Waals surface area contributed by atoms with Gasteiger partial charge in [-0.3, -0.25) is 19.1 Å². The van der Waals surface area contributed by atoms with E-state index in [9.17, 15) is 14.4 Å². The molecule has 3 unspecified atom stereocenters. The number of rotatable bonds is 5. The van der Waals surface area contributed by atoms with Crippen LogP contribution < -0.4 is 10.9 Å². The zero-order valence-corrected chi connectivity index (χ0v) is 15.4. The van der Waals surface area contributed by atoms with E-state index in [2.05, 4.69) is 5.32 Å². The number of esters is 1. The van der Waals surface area contributed by atoms with E-state index in [1.807, 2.05) is 37.3 Å². The molecule has 1 fully saturated rings. The minimum Gasteiger partial charge on any atom is -0.452 e. The predicted octanol–water partition coefficient (Wildman–Crippen LogP) is 2.01. The summed E-state index contributed by atoms with van der Waals surface area (Å²) in [5.74, 6) is -0.671. The highest BCUT2D eigenvalue weighted by molar-refractivity contribution is 5.95. The highest BCUT2D eigenvalue weighted by Crippen LogP contribution is 2.38. The Labute approximate surface area is 151 Å². The molecule has 0 aliphatic heterocycles. The Morgan fingerprint density at radius 3 is 2.46 bits per heavy atom. The van der Waals surface area contributed by atoms with Crippen molar-refractivity contribution >= 4 is 17.6 Å². The second-order valence-corrected chi connectivity index (χ2v) is 6.82. The van der Waals surface area contributed by atoms with Crippen LogP contribution in [0.5, 0.6) is 0 Å². The fourth-order valence-electron chi connectivity index (χ4n) is 2.90. The van der Waals surface area contributed by atoms with Gasteiger partial charge < -0.3 is 10.1 Å². The number of hydrogen-bond acceptors (Lipinski definition) is 4. The lowest BCUT2D eigenvalue weighted by atomic mass is 10.3. The van der Waals surface area contributed by atoms with Gasteiger partial charge in [-0.1, -0.05) is 25.1 Å². The van der Waals surface area contributed by atoms with Crippen molar-refractivity contribution in [2.24, 2.45) is 18.9 Å². The van der Waals surface area contributed by atoms with Gasteiger partial charge in [0.2, 0.25) is 0 Å². The molecule has 138 valence electrons. The summed E-state index contributed by atoms with van der Waals surface area (Å²) in [5, 5.41) is 2.61. The highest BCUT2D eigenvalue weighted by atomic mass is 16.5. The van der Waals surface area contributed by atoms with E-state index in [0.29, 0.717) is 17.3 Å². The van der Waals surface area contributed by atoms with Crippen molar-refractivity contribution in [3.8, 4) is 5.69 Å². The molecule has 0 radical (unpaired) electrons. The molecule has 7 nitrogen and oxygen atoms in total. The summed E-state index contributed by atoms with van der Waals surface area (Å²) in [6.45, 7) is 5.23. The van der Waals surface area contributed by atoms with Crippen molar-refractivity contribution in [1.82, 2.24) is 9.36 Å². The van der Waals surface area contributed by atoms with E-state index >= 15 is 0 Å². The van der Waals surface area contributed by atoms with Crippen LogP contribution in [0.15, 0.2) is 35.1 Å². The molecular formula is C19H23N3O4. The highest BCUT2D eigenvalue weighted by Gasteiger charge is 2.41. The largest absolute Gasteiger partial charge is 0.452 e. The molecule has 3 atom stereocenters. The molecule has 7 heteroatoms. The Bertz CT molecular complexity index is 897. The topological polar surface area (TPSA) is 82.3 Å². The summed E-state index contributed by atoms with van der Waals surface area (Å²) in [6, 6.07) is 9.16. The first-order valence-electron chi connectivity index (χ1n) is 8.66. The standard InChI is InChI=1S/C19H23N3O4/c1-11-10-15(11)19(25)26-13(3)17(23)20-16-12(2)21(4)22(18(16)24)14-8-6-5-7-9-14/h5-9,11,13,15H,10H2,1-4H3,(H,20,23). The number of carbonyl (C=O) groups excluding carboxylic acids is 2. The van der Waals surface area contributed by atoms with Crippen molar-refractivity contribution in [2.45, 2.75) is 33.3 Å². The summed E-state index contributed by atoms with van der Waals surface area (Å²) in [5.41, 5.74) is 1.16. The van der Waals surface area contributed by atoms with Gasteiger partial charge in [0, 0.05) is 7.05 Å². The van der Waals surface area contributed by atoms with Gasteiger partial charge in [-0.2, -0.15) is 0 Å². The van der Waals surface area contributed by atoms with Crippen LogP contribution in [0.2, 0.25) is 0 Å². The molecule has 1 saturated carbocycles. The van der Waals surface area contributed by atoms with Gasteiger partial charge in [-0.25, -0.2) is 4.68 Å². The van der Waals surface area contributed by atoms with Crippen molar-refractivity contribution in [3.63, 3.8) is 0 Å². The first kappa shape index (κ1) is 18.0. The Morgan fingerprint density at radius 1 is 1.27 bits per heavy atom. The Kier molecular flexibility index (Phi) is 4.71. The van der Waals surface area contributed by atoms with Gasteiger partial charge in [0.05, 0.1) is 17.3 Å². The first-order chi connectivity index (χ1) is 12.3. The van der Waals surface area contributed by atoms with E-state index in [4.69, 9.17) is 4.74 Å². The molecule has 1 aliphatic carbocycles. The van der Waals surface area contributed by atoms with E-state index < -0.39 is 12.0 Å². The molecule has 3 rings (SSSR count). The maximum atomic E-state index is 12.8. The molecule has 26 heavy (non-hydrogen) atoms. The Morgan fingerprint density at radius 2 is 1.88 bits per heavy atom. The molecule has 1 aromatic heterocycles. The number of nitrogens with zero attached hydrogens (tertiary/aromatic N) is 2. The number of anilines is 1. The fourth-order valence-corrected chi connectivity index (χ4v) is 2.90. The second-order valence-electron chi connectivity index (χ2n) is 6.82. The number of ether oxygens (including phenoxy) is 1. The van der Waals surface area contributed by atoms with Crippen LogP contribution in [-0.4, -0.2) is 27.3 Å². The zero-order valence-electron chi connectivity index (χ0n) is 15.4. The van der Waals surface area contributed by atoms with Gasteiger partial charge in [0.25, 0.3) is 11.5 Å². The predicted molar refractivity (Wildman–Crippen MR) is 97.2 cm³/mol. The molecule has 2 aromatic rings. The molecule has 1 heterocycles. The summed E-state index contributed by atoms with van der Waals surface area (Å²) >= 11 is 0. The number of hydrogen-bond donors (Lipinski definition) is 1. The second kappa shape index (κ2) is 6.82. The average molecular weight is 357 g/mol. The van der Waals surface area contributed by atoms with Crippen molar-refractivity contribution in [2.75, 3.05) is 5.32 Å². The monoisotopic (exact) mass is 357 g/mol. The van der Waals surface area contributed by atoms with Gasteiger partial charge in [0.15, 0.2) is 6.10 Å². The Hall–Kier alpha value is -2.83. The SMILES string of the molecule is Cc1c(NC(=O)C(C)OC(=O)C2CC2C)c(=O)n(-c2ccccc2)n1C. The van der Waals surface area contributed by atoms with Gasteiger partial charge >= 0.3 is 5.97 Å². The molecule has 1 amide bonds. The maximum Gasteiger partial charge on any atom is 0.309 e. The normalized spacial score (nSPS) is 19.7. The van der Waals surface area contributed by atoms with Crippen molar-refractivity contribution in [3.05, 3.63) is 46.4 Å². The molecule has 1 aromatic carbocycles. The van der Waals surface area contributed by atoms with Crippen molar-refractivity contribution in [1.29, 1.82) is 0 Å². The summed E-state index contributed by atoms with van der Waals surface area (Å²) in [4.78, 5) is 37.0. The van der Waals surface area contributed by atoms with Crippen LogP contribution in [0, 0.1) is 18.8 Å². The fraction of sp³-hybridized carbons (Fsp3) is 0.421. The molecule has 1 N–H and O–H groups in total. The van der Waals surface area contributed by atoms with E-state index in [-0.39, 0.29) is 23.1 Å². The van der Waals surface area contributed by atoms with Crippen LogP contribution in [-0.2, 0) is 21.4 Å². The number of amides is 1. The lowest BCUT2D eigenvalue weighted by Gasteiger charge is -2.12. The van der Waals surface area contributed by atoms with Crippen LogP contribution in [0.4, 0.5) is 5.69 Å². The third kappa shape index (κ3) is 3.29. The third-order valence-corrected chi connectivity index (χ3v) is 4.88. The third-order valence-electron chi connectivity index (χ3n) is 4.88. The average Bonchev–Trinajstić information content (AvgIpc) is 3.31. The molecule has 0 spiro atoms. The van der Waals surface area contributed by atoms with Gasteiger partial charge in [-0.05, 0) is 38.3 Å². The lowest BCUT2D eigenvalue weighted by Crippen LogP contribution is -2.32. The first-order valence-corrected chi connectivity index (χ1v) is 8.66. The maximum absolute atomic E-state index is 12.8. The van der Waals surface area contributed by atoms with Gasteiger partial charge in [-0.15, -0.1) is 0 Å². The number of nitrogens with one attached hydrogen (secondary N) is 1. The van der Waals surface area contributed by atoms with E-state index in [1.165, 1.54) is 11.6 Å². The molecule has 1 aliphatic rings. The minimum atomic E-state index is -0.959. The van der Waals surface area contributed by atoms with Crippen LogP contribution >= 0.6 is 0 Å². The summed E-state index contributed by atoms with van der Waals surface area (Å²) in [7, 11) is 1.75. The van der Waals surface area contributed by atoms with Crippen LogP contribution in [0.3, 0.4) is 0 Å². The number of carbonyl (C=O) groups is 2. The smallest absolute Gasteiger partial charge is 0.309 e. The number of para-hydroxylation sites is 1. The summed E-state index contributed by atoms with van der Waals surface area (Å²) < 4.78 is 8.37. The van der Waals surface area contributed by atoms with Crippen LogP contribution in [0.25, 0.3) is 5.69 Å². The molecular weight excluding hydrogens is 334 g/mol. The quantitative estimate of drug-likeness (QED) is 0.830. The van der Waals surface area contributed by atoms with Crippen LogP contribution in [0.1, 0.15) is 26.0 Å². The molecule has 0 saturated heterocycles. The van der Waals surface area contributed by atoms with Crippen molar-refractivity contribution < 1.29 is 14.3 Å². The van der Waals surface area contributed by atoms with E-state index in [0.717, 1.165) is 6.42 Å². The van der Waals surface area contributed by atoms with Gasteiger partial charge in [0.1, 0.15) is 5.69 Å². The van der Waals surface area contributed by atoms with E-state index in [1.54, 1.807) is 18.7 Å². The number of benzene rings is 1. The minimum absolute atomic E-state index is 0.112.